The van der Waals surface area contributed by atoms with Crippen molar-refractivity contribution >= 4 is 0 Å². The second-order valence-corrected chi connectivity index (χ2v) is 6.09. The van der Waals surface area contributed by atoms with Crippen molar-refractivity contribution in [2.45, 2.75) is 19.3 Å². The molecule has 0 unspecified atom stereocenters. The van der Waals surface area contributed by atoms with E-state index >= 15 is 0 Å². The maximum Gasteiger partial charge on any atom is -1.00 e. The number of nitrogens with zero attached hydrogens (tertiary/aromatic N) is 1. The first-order valence-corrected chi connectivity index (χ1v) is 6.42. The van der Waals surface area contributed by atoms with E-state index in [9.17, 15) is 0 Å². The molecule has 16 heavy (non-hydrogen) atoms. The number of hydrogen-bond acceptors (Lipinski definition) is 2. The molecular weight excluding hydrogens is 281 g/mol. The molecule has 0 aromatic rings. The minimum Gasteiger partial charge on any atom is -1.00 e. The van der Waals surface area contributed by atoms with Gasteiger partial charge in [-0.15, -0.1) is 0 Å². The van der Waals surface area contributed by atoms with E-state index in [1.165, 1.54) is 61.5 Å². The molecule has 0 bridgehead atoms. The van der Waals surface area contributed by atoms with Crippen LogP contribution in [0.25, 0.3) is 0 Å². The van der Waals surface area contributed by atoms with Crippen molar-refractivity contribution in [2.24, 2.45) is 0 Å². The van der Waals surface area contributed by atoms with Gasteiger partial charge in [0.25, 0.3) is 0 Å². The number of nitrogens with one attached hydrogen (secondary N) is 2. The second kappa shape index (κ2) is 11.3. The summed E-state index contributed by atoms with van der Waals surface area (Å²) in [5.74, 6) is 0. The summed E-state index contributed by atoms with van der Waals surface area (Å²) in [6.45, 7) is 7.30. The van der Waals surface area contributed by atoms with Crippen molar-refractivity contribution in [1.29, 1.82) is 0 Å². The summed E-state index contributed by atoms with van der Waals surface area (Å²) in [6, 6.07) is 0. The summed E-state index contributed by atoms with van der Waals surface area (Å²) in [6.07, 6.45) is 3.87. The third-order valence-electron chi connectivity index (χ3n) is 2.72. The number of halogens is 2. The largest absolute Gasteiger partial charge is 1.00 e. The number of rotatable bonds is 0. The quantitative estimate of drug-likeness (QED) is 0.436. The van der Waals surface area contributed by atoms with Crippen molar-refractivity contribution in [3.05, 3.63) is 0 Å². The molecule has 2 N–H and O–H groups in total. The molecule has 0 radical (unpaired) electrons. The Kier molecular flexibility index (Phi) is 13.8. The maximum atomic E-state index is 3.49. The Morgan fingerprint density at radius 2 is 1.19 bits per heavy atom. The van der Waals surface area contributed by atoms with Crippen LogP contribution in [0, 0.1) is 0 Å². The Morgan fingerprint density at radius 3 is 1.62 bits per heavy atom. The van der Waals surface area contributed by atoms with E-state index in [1.54, 1.807) is 0 Å². The molecule has 3 nitrogen and oxygen atoms in total. The fourth-order valence-corrected chi connectivity index (χ4v) is 2.30. The van der Waals surface area contributed by atoms with Crippen molar-refractivity contribution in [2.75, 3.05) is 46.3 Å². The first-order valence-electron chi connectivity index (χ1n) is 5.72. The fourth-order valence-electron chi connectivity index (χ4n) is 1.81. The van der Waals surface area contributed by atoms with Crippen molar-refractivity contribution < 1.29 is 48.5 Å². The van der Waals surface area contributed by atoms with Crippen LogP contribution < -0.4 is 35.4 Å². The van der Waals surface area contributed by atoms with Gasteiger partial charge in [0.2, 0.25) is 0 Å². The zero-order valence-corrected chi connectivity index (χ0v) is 13.1. The molecular formula is C10H23Cl2N3Ti-. The first kappa shape index (κ1) is 19.5. The van der Waals surface area contributed by atoms with E-state index in [2.05, 4.69) is 38.4 Å². The smallest absolute Gasteiger partial charge is 1.00 e. The van der Waals surface area contributed by atoms with E-state index < -0.39 is 0 Å². The van der Waals surface area contributed by atoms with Gasteiger partial charge in [-0.2, -0.15) is 0 Å². The van der Waals surface area contributed by atoms with Crippen LogP contribution in [0.3, 0.4) is 0 Å². The molecule has 0 saturated carbocycles. The Morgan fingerprint density at radius 1 is 0.812 bits per heavy atom. The molecule has 0 aromatic heterocycles. The van der Waals surface area contributed by atoms with Crippen molar-refractivity contribution in [3.63, 3.8) is 0 Å². The predicted octanol–water partition coefficient (Wildman–Crippen LogP) is -5.73. The van der Waals surface area contributed by atoms with Gasteiger partial charge in [0.15, 0.2) is 0 Å². The summed E-state index contributed by atoms with van der Waals surface area (Å²) in [5.41, 5.74) is 0. The van der Waals surface area contributed by atoms with Gasteiger partial charge >= 0.3 is 99.9 Å². The predicted molar refractivity (Wildman–Crippen MR) is 55.5 cm³/mol. The van der Waals surface area contributed by atoms with Gasteiger partial charge in [0.1, 0.15) is 0 Å². The molecule has 97 valence electrons. The van der Waals surface area contributed by atoms with Crippen LogP contribution in [0.2, 0.25) is 0 Å². The summed E-state index contributed by atoms with van der Waals surface area (Å²) >= 11 is 2.34. The molecule has 1 saturated heterocycles. The van der Waals surface area contributed by atoms with Crippen LogP contribution in [0.4, 0.5) is 0 Å². The van der Waals surface area contributed by atoms with E-state index in [1.807, 2.05) is 0 Å². The summed E-state index contributed by atoms with van der Waals surface area (Å²) in [7, 11) is 2.34. The topological polar surface area (TPSA) is 24.1 Å². The molecule has 1 aliphatic rings. The SMILES string of the molecule is C[N+]1([Ti])CCCNCCCNCCC1.[Cl-].[Cl-]. The van der Waals surface area contributed by atoms with E-state index in [0.717, 1.165) is 0 Å². The Bertz CT molecular complexity index is 145. The zero-order chi connectivity index (χ0) is 10.3. The summed E-state index contributed by atoms with van der Waals surface area (Å²) < 4.78 is 1.17. The molecule has 0 atom stereocenters. The fraction of sp³-hybridized carbons (Fsp3) is 1.00. The zero-order valence-electron chi connectivity index (χ0n) is 10.1. The van der Waals surface area contributed by atoms with E-state index in [0.29, 0.717) is 0 Å². The van der Waals surface area contributed by atoms with Gasteiger partial charge in [-0.05, 0) is 0 Å². The van der Waals surface area contributed by atoms with Gasteiger partial charge in [-0.1, -0.05) is 0 Å². The van der Waals surface area contributed by atoms with E-state index in [4.69, 9.17) is 0 Å². The molecule has 6 heteroatoms. The minimum atomic E-state index is 0. The molecule has 0 amide bonds. The molecule has 1 fully saturated rings. The average Bonchev–Trinajstić information content (AvgIpc) is 2.11. The number of hydrogen-bond donors (Lipinski definition) is 2. The average molecular weight is 304 g/mol. The van der Waals surface area contributed by atoms with Crippen LogP contribution in [-0.4, -0.2) is 49.3 Å². The van der Waals surface area contributed by atoms with Gasteiger partial charge in [0, 0.05) is 0 Å². The Labute approximate surface area is 124 Å². The third kappa shape index (κ3) is 10.3. The Balaban J connectivity index is 0. The maximum absolute atomic E-state index is 3.49. The van der Waals surface area contributed by atoms with Crippen LogP contribution in [0.5, 0.6) is 0 Å². The molecule has 1 aliphatic heterocycles. The Hall–Kier alpha value is 1.17. The van der Waals surface area contributed by atoms with Gasteiger partial charge in [-0.25, -0.2) is 0 Å². The van der Waals surface area contributed by atoms with Crippen LogP contribution >= 0.6 is 0 Å². The normalized spacial score (nSPS) is 22.8. The monoisotopic (exact) mass is 303 g/mol. The molecule has 1 heterocycles. The van der Waals surface area contributed by atoms with Gasteiger partial charge < -0.3 is 24.8 Å². The number of quaternary nitrogens is 1. The minimum absolute atomic E-state index is 0. The third-order valence-corrected chi connectivity index (χ3v) is 3.42. The van der Waals surface area contributed by atoms with Crippen molar-refractivity contribution in [3.8, 4) is 0 Å². The summed E-state index contributed by atoms with van der Waals surface area (Å²) in [5, 5.41) is 6.98. The van der Waals surface area contributed by atoms with E-state index in [-0.39, 0.29) is 24.8 Å². The molecule has 1 rings (SSSR count). The first-order chi connectivity index (χ1) is 6.71. The standard InChI is InChI=1S/C10H23N3.2ClH.Ti/c1-13-9-3-7-11-5-2-6-12-8-4-10-13;;;/h11-12H,2-10H2,1H3;2*1H;/q;;;+1/p-2. The summed E-state index contributed by atoms with van der Waals surface area (Å²) in [4.78, 5) is 0. The van der Waals surface area contributed by atoms with Crippen LogP contribution in [-0.2, 0) is 20.7 Å². The molecule has 0 aliphatic carbocycles. The van der Waals surface area contributed by atoms with Crippen LogP contribution in [0.15, 0.2) is 0 Å². The second-order valence-electron chi connectivity index (χ2n) is 4.40. The van der Waals surface area contributed by atoms with Crippen molar-refractivity contribution in [1.82, 2.24) is 10.6 Å². The van der Waals surface area contributed by atoms with Gasteiger partial charge in [-0.3, -0.25) is 0 Å². The van der Waals surface area contributed by atoms with Gasteiger partial charge in [0.05, 0.1) is 0 Å². The molecule has 0 aromatic carbocycles. The van der Waals surface area contributed by atoms with Crippen LogP contribution in [0.1, 0.15) is 19.3 Å². The molecule has 0 spiro atoms.